The SMILES string of the molecule is O=C(OCc1ccc(Oc2ccc([N+](=O)[O-])cc2Cl)cc1)c1cnccn1. The second kappa shape index (κ2) is 8.24. The third-order valence-corrected chi connectivity index (χ3v) is 3.72. The molecular weight excluding hydrogens is 374 g/mol. The molecule has 0 N–H and O–H groups in total. The molecule has 0 unspecified atom stereocenters. The maximum absolute atomic E-state index is 11.8. The molecule has 9 heteroatoms. The fraction of sp³-hybridized carbons (Fsp3) is 0.0556. The van der Waals surface area contributed by atoms with Gasteiger partial charge in [0.2, 0.25) is 0 Å². The molecule has 2 aromatic carbocycles. The van der Waals surface area contributed by atoms with Crippen LogP contribution in [0.1, 0.15) is 16.1 Å². The third-order valence-electron chi connectivity index (χ3n) is 3.42. The summed E-state index contributed by atoms with van der Waals surface area (Å²) in [6, 6.07) is 10.7. The van der Waals surface area contributed by atoms with Crippen LogP contribution in [0.25, 0.3) is 0 Å². The van der Waals surface area contributed by atoms with Crippen LogP contribution in [-0.4, -0.2) is 20.9 Å². The molecule has 27 heavy (non-hydrogen) atoms. The minimum Gasteiger partial charge on any atom is -0.456 e. The summed E-state index contributed by atoms with van der Waals surface area (Å²) in [5.74, 6) is 0.208. The van der Waals surface area contributed by atoms with Crippen molar-refractivity contribution in [3.63, 3.8) is 0 Å². The maximum Gasteiger partial charge on any atom is 0.358 e. The number of carbonyl (C=O) groups is 1. The smallest absolute Gasteiger partial charge is 0.358 e. The number of carbonyl (C=O) groups excluding carboxylic acids is 1. The number of ether oxygens (including phenoxy) is 2. The Morgan fingerprint density at radius 2 is 1.93 bits per heavy atom. The summed E-state index contributed by atoms with van der Waals surface area (Å²) in [6.07, 6.45) is 4.20. The van der Waals surface area contributed by atoms with E-state index in [2.05, 4.69) is 9.97 Å². The number of aromatic nitrogens is 2. The Morgan fingerprint density at radius 1 is 1.15 bits per heavy atom. The van der Waals surface area contributed by atoms with Crippen molar-refractivity contribution >= 4 is 23.3 Å². The van der Waals surface area contributed by atoms with Crippen molar-refractivity contribution in [1.82, 2.24) is 9.97 Å². The van der Waals surface area contributed by atoms with Crippen LogP contribution in [0.15, 0.2) is 61.1 Å². The van der Waals surface area contributed by atoms with E-state index in [-0.39, 0.29) is 23.0 Å². The van der Waals surface area contributed by atoms with E-state index in [1.807, 2.05) is 0 Å². The van der Waals surface area contributed by atoms with Gasteiger partial charge in [-0.15, -0.1) is 0 Å². The average Bonchev–Trinajstić information content (AvgIpc) is 2.69. The zero-order valence-corrected chi connectivity index (χ0v) is 14.5. The molecule has 0 saturated heterocycles. The molecule has 0 aliphatic heterocycles. The summed E-state index contributed by atoms with van der Waals surface area (Å²) in [5, 5.41) is 10.9. The van der Waals surface area contributed by atoms with Crippen LogP contribution in [0.4, 0.5) is 5.69 Å². The highest BCUT2D eigenvalue weighted by molar-refractivity contribution is 6.32. The van der Waals surface area contributed by atoms with Gasteiger partial charge in [-0.1, -0.05) is 23.7 Å². The Labute approximate surface area is 158 Å². The Hall–Kier alpha value is -3.52. The van der Waals surface area contributed by atoms with Crippen LogP contribution < -0.4 is 4.74 Å². The maximum atomic E-state index is 11.8. The topological polar surface area (TPSA) is 104 Å². The van der Waals surface area contributed by atoms with E-state index >= 15 is 0 Å². The first-order valence-corrected chi connectivity index (χ1v) is 8.04. The van der Waals surface area contributed by atoms with Gasteiger partial charge in [0.1, 0.15) is 18.1 Å². The molecule has 136 valence electrons. The molecule has 0 fully saturated rings. The van der Waals surface area contributed by atoms with E-state index in [1.165, 1.54) is 36.8 Å². The van der Waals surface area contributed by atoms with Crippen molar-refractivity contribution in [2.45, 2.75) is 6.61 Å². The Bertz CT molecular complexity index is 964. The molecule has 0 atom stereocenters. The van der Waals surface area contributed by atoms with Crippen LogP contribution in [-0.2, 0) is 11.3 Å². The summed E-state index contributed by atoms with van der Waals surface area (Å²) >= 11 is 6.00. The third kappa shape index (κ3) is 4.77. The highest BCUT2D eigenvalue weighted by Gasteiger charge is 2.11. The number of nitrogens with zero attached hydrogens (tertiary/aromatic N) is 3. The first-order valence-electron chi connectivity index (χ1n) is 7.67. The zero-order valence-electron chi connectivity index (χ0n) is 13.7. The summed E-state index contributed by atoms with van der Waals surface area (Å²) in [4.78, 5) is 29.7. The number of esters is 1. The molecule has 3 aromatic rings. The van der Waals surface area contributed by atoms with Crippen molar-refractivity contribution in [2.75, 3.05) is 0 Å². The van der Waals surface area contributed by atoms with Crippen molar-refractivity contribution < 1.29 is 19.2 Å². The van der Waals surface area contributed by atoms with Gasteiger partial charge in [0.05, 0.1) is 16.1 Å². The standard InChI is InChI=1S/C18H12ClN3O5/c19-15-9-13(22(24)25)3-6-17(15)27-14-4-1-12(2-5-14)11-26-18(23)16-10-20-7-8-21-16/h1-10H,11H2. The predicted molar refractivity (Wildman–Crippen MR) is 95.8 cm³/mol. The second-order valence-electron chi connectivity index (χ2n) is 5.28. The van der Waals surface area contributed by atoms with Crippen molar-refractivity contribution in [3.8, 4) is 11.5 Å². The minimum absolute atomic E-state index is 0.0635. The van der Waals surface area contributed by atoms with Gasteiger partial charge >= 0.3 is 5.97 Å². The molecular formula is C18H12ClN3O5. The van der Waals surface area contributed by atoms with Crippen molar-refractivity contribution in [3.05, 3.63) is 87.4 Å². The van der Waals surface area contributed by atoms with Crippen molar-refractivity contribution in [2.24, 2.45) is 0 Å². The number of hydrogen-bond acceptors (Lipinski definition) is 7. The lowest BCUT2D eigenvalue weighted by Crippen LogP contribution is -2.07. The first-order chi connectivity index (χ1) is 13.0. The summed E-state index contributed by atoms with van der Waals surface area (Å²) in [6.45, 7) is 0.0635. The van der Waals surface area contributed by atoms with Crippen LogP contribution >= 0.6 is 11.6 Å². The monoisotopic (exact) mass is 385 g/mol. The molecule has 0 aliphatic rings. The predicted octanol–water partition coefficient (Wildman–Crippen LogP) is 4.19. The summed E-state index contributed by atoms with van der Waals surface area (Å²) < 4.78 is 10.8. The van der Waals surface area contributed by atoms with Gasteiger partial charge in [-0.25, -0.2) is 9.78 Å². The lowest BCUT2D eigenvalue weighted by Gasteiger charge is -2.09. The Kier molecular flexibility index (Phi) is 5.58. The molecule has 1 heterocycles. The highest BCUT2D eigenvalue weighted by atomic mass is 35.5. The second-order valence-corrected chi connectivity index (χ2v) is 5.69. The van der Waals surface area contributed by atoms with Gasteiger partial charge in [0.25, 0.3) is 5.69 Å². The van der Waals surface area contributed by atoms with Gasteiger partial charge in [-0.05, 0) is 23.8 Å². The van der Waals surface area contributed by atoms with Crippen LogP contribution in [0.2, 0.25) is 5.02 Å². The molecule has 0 aliphatic carbocycles. The van der Waals surface area contributed by atoms with Gasteiger partial charge in [-0.3, -0.25) is 15.1 Å². The molecule has 1 aromatic heterocycles. The number of rotatable bonds is 6. The zero-order chi connectivity index (χ0) is 19.2. The quantitative estimate of drug-likeness (QED) is 0.356. The highest BCUT2D eigenvalue weighted by Crippen LogP contribution is 2.32. The van der Waals surface area contributed by atoms with E-state index < -0.39 is 10.9 Å². The van der Waals surface area contributed by atoms with Gasteiger partial charge in [0, 0.05) is 24.5 Å². The molecule has 0 amide bonds. The van der Waals surface area contributed by atoms with E-state index in [9.17, 15) is 14.9 Å². The molecule has 0 spiro atoms. The van der Waals surface area contributed by atoms with Crippen LogP contribution in [0, 0.1) is 10.1 Å². The fourth-order valence-corrected chi connectivity index (χ4v) is 2.31. The lowest BCUT2D eigenvalue weighted by atomic mass is 10.2. The lowest BCUT2D eigenvalue weighted by molar-refractivity contribution is -0.384. The van der Waals surface area contributed by atoms with E-state index in [0.717, 1.165) is 5.56 Å². The van der Waals surface area contributed by atoms with E-state index in [0.29, 0.717) is 11.5 Å². The molecule has 0 saturated carbocycles. The number of hydrogen-bond donors (Lipinski definition) is 0. The summed E-state index contributed by atoms with van der Waals surface area (Å²) in [7, 11) is 0. The number of benzene rings is 2. The number of nitro groups is 1. The van der Waals surface area contributed by atoms with Gasteiger partial charge < -0.3 is 9.47 Å². The summed E-state index contributed by atoms with van der Waals surface area (Å²) in [5.41, 5.74) is 0.757. The minimum atomic E-state index is -0.568. The van der Waals surface area contributed by atoms with Crippen LogP contribution in [0.3, 0.4) is 0 Å². The van der Waals surface area contributed by atoms with Gasteiger partial charge in [0.15, 0.2) is 5.69 Å². The number of halogens is 1. The number of non-ortho nitro benzene ring substituents is 1. The Morgan fingerprint density at radius 3 is 2.56 bits per heavy atom. The average molecular weight is 386 g/mol. The van der Waals surface area contributed by atoms with Gasteiger partial charge in [-0.2, -0.15) is 0 Å². The van der Waals surface area contributed by atoms with Crippen molar-refractivity contribution in [1.29, 1.82) is 0 Å². The van der Waals surface area contributed by atoms with E-state index in [4.69, 9.17) is 21.1 Å². The van der Waals surface area contributed by atoms with Crippen LogP contribution in [0.5, 0.6) is 11.5 Å². The molecule has 0 bridgehead atoms. The van der Waals surface area contributed by atoms with E-state index in [1.54, 1.807) is 24.3 Å². The molecule has 0 radical (unpaired) electrons. The Balaban J connectivity index is 1.60. The first kappa shape index (κ1) is 18.3. The fourth-order valence-electron chi connectivity index (χ4n) is 2.09. The largest absolute Gasteiger partial charge is 0.456 e. The molecule has 3 rings (SSSR count). The number of nitro benzene ring substituents is 1. The molecule has 8 nitrogen and oxygen atoms in total. The normalized spacial score (nSPS) is 10.3.